The highest BCUT2D eigenvalue weighted by Crippen LogP contribution is 2.31. The van der Waals surface area contributed by atoms with E-state index in [2.05, 4.69) is 21.0 Å². The van der Waals surface area contributed by atoms with Crippen molar-refractivity contribution in [3.8, 4) is 10.4 Å². The zero-order valence-corrected chi connectivity index (χ0v) is 13.1. The third-order valence-electron chi connectivity index (χ3n) is 3.83. The normalized spacial score (nSPS) is 15.2. The van der Waals surface area contributed by atoms with Gasteiger partial charge >= 0.3 is 0 Å². The van der Waals surface area contributed by atoms with Gasteiger partial charge in [-0.2, -0.15) is 5.10 Å². The van der Waals surface area contributed by atoms with E-state index >= 15 is 0 Å². The number of primary amides is 1. The third-order valence-corrected chi connectivity index (χ3v) is 4.99. The molecule has 7 nitrogen and oxygen atoms in total. The van der Waals surface area contributed by atoms with Gasteiger partial charge in [0.1, 0.15) is 10.6 Å². The number of morpholine rings is 1. The van der Waals surface area contributed by atoms with Gasteiger partial charge in [-0.05, 0) is 17.7 Å². The van der Waals surface area contributed by atoms with Crippen LogP contribution in [-0.4, -0.2) is 46.8 Å². The highest BCUT2D eigenvalue weighted by molar-refractivity contribution is 7.21. The van der Waals surface area contributed by atoms with Gasteiger partial charge in [0, 0.05) is 25.5 Å². The Morgan fingerprint density at radius 2 is 2.17 bits per heavy atom. The molecule has 23 heavy (non-hydrogen) atoms. The Hall–Kier alpha value is -2.45. The van der Waals surface area contributed by atoms with Crippen molar-refractivity contribution in [1.82, 2.24) is 14.6 Å². The van der Waals surface area contributed by atoms with Gasteiger partial charge < -0.3 is 15.4 Å². The number of anilines is 1. The third kappa shape index (κ3) is 2.55. The molecule has 3 aromatic rings. The zero-order chi connectivity index (χ0) is 15.8. The van der Waals surface area contributed by atoms with Crippen molar-refractivity contribution in [2.45, 2.75) is 0 Å². The fraction of sp³-hybridized carbons (Fsp3) is 0.267. The highest BCUT2D eigenvalue weighted by Gasteiger charge is 2.16. The van der Waals surface area contributed by atoms with Gasteiger partial charge in [-0.1, -0.05) is 0 Å². The minimum Gasteiger partial charge on any atom is -0.378 e. The SMILES string of the molecule is NC(=O)c1cnn2cc(-c3ccnc(N4CCOCC4)c3)sc12. The van der Waals surface area contributed by atoms with Crippen molar-refractivity contribution in [3.05, 3.63) is 36.3 Å². The van der Waals surface area contributed by atoms with Crippen molar-refractivity contribution >= 4 is 27.9 Å². The van der Waals surface area contributed by atoms with Crippen molar-refractivity contribution in [1.29, 1.82) is 0 Å². The van der Waals surface area contributed by atoms with Crippen molar-refractivity contribution in [2.75, 3.05) is 31.2 Å². The number of aromatic nitrogens is 3. The molecule has 3 aromatic heterocycles. The second kappa shape index (κ2) is 5.64. The van der Waals surface area contributed by atoms with Gasteiger partial charge in [-0.15, -0.1) is 11.3 Å². The first-order valence-electron chi connectivity index (χ1n) is 7.28. The van der Waals surface area contributed by atoms with E-state index in [1.54, 1.807) is 10.7 Å². The molecule has 0 aromatic carbocycles. The van der Waals surface area contributed by atoms with Crippen molar-refractivity contribution < 1.29 is 9.53 Å². The van der Waals surface area contributed by atoms with Crippen LogP contribution in [0.3, 0.4) is 0 Å². The van der Waals surface area contributed by atoms with Gasteiger partial charge in [0.15, 0.2) is 0 Å². The summed E-state index contributed by atoms with van der Waals surface area (Å²) in [6, 6.07) is 4.01. The maximum atomic E-state index is 11.4. The van der Waals surface area contributed by atoms with Gasteiger partial charge in [-0.3, -0.25) is 4.79 Å². The van der Waals surface area contributed by atoms with Crippen molar-refractivity contribution in [3.63, 3.8) is 0 Å². The fourth-order valence-electron chi connectivity index (χ4n) is 2.63. The molecule has 0 atom stereocenters. The number of pyridine rings is 1. The Labute approximate surface area is 136 Å². The van der Waals surface area contributed by atoms with Crippen LogP contribution in [0.5, 0.6) is 0 Å². The van der Waals surface area contributed by atoms with E-state index in [1.165, 1.54) is 17.5 Å². The molecule has 1 fully saturated rings. The first kappa shape index (κ1) is 14.2. The summed E-state index contributed by atoms with van der Waals surface area (Å²) in [7, 11) is 0. The van der Waals surface area contributed by atoms with Crippen LogP contribution in [0.1, 0.15) is 10.4 Å². The molecule has 118 valence electrons. The lowest BCUT2D eigenvalue weighted by Gasteiger charge is -2.27. The van der Waals surface area contributed by atoms with Crippen LogP contribution < -0.4 is 10.6 Å². The predicted molar refractivity (Wildman–Crippen MR) is 87.8 cm³/mol. The minimum atomic E-state index is -0.461. The van der Waals surface area contributed by atoms with E-state index in [4.69, 9.17) is 10.5 Å². The van der Waals surface area contributed by atoms with E-state index in [-0.39, 0.29) is 0 Å². The number of carbonyl (C=O) groups excluding carboxylic acids is 1. The largest absolute Gasteiger partial charge is 0.378 e. The standard InChI is InChI=1S/C15H15N5O2S/c16-14(21)11-8-18-20-9-12(23-15(11)20)10-1-2-17-13(7-10)19-3-5-22-6-4-19/h1-2,7-9H,3-6H2,(H2,16,21). The lowest BCUT2D eigenvalue weighted by Crippen LogP contribution is -2.36. The molecule has 0 bridgehead atoms. The zero-order valence-electron chi connectivity index (χ0n) is 12.3. The Morgan fingerprint density at radius 3 is 2.96 bits per heavy atom. The molecule has 0 saturated carbocycles. The topological polar surface area (TPSA) is 85.8 Å². The number of amides is 1. The second-order valence-corrected chi connectivity index (χ2v) is 6.30. The number of rotatable bonds is 3. The Morgan fingerprint density at radius 1 is 1.35 bits per heavy atom. The summed E-state index contributed by atoms with van der Waals surface area (Å²) in [4.78, 5) is 19.9. The average Bonchev–Trinajstić information content (AvgIpc) is 3.16. The molecule has 0 unspecified atom stereocenters. The molecule has 4 heterocycles. The first-order chi connectivity index (χ1) is 11.2. The lowest BCUT2D eigenvalue weighted by atomic mass is 10.2. The number of carbonyl (C=O) groups is 1. The molecule has 8 heteroatoms. The summed E-state index contributed by atoms with van der Waals surface area (Å²) in [6.45, 7) is 3.13. The number of fused-ring (bicyclic) bond motifs is 1. The number of hydrogen-bond acceptors (Lipinski definition) is 6. The van der Waals surface area contributed by atoms with Crippen LogP contribution in [0.25, 0.3) is 15.3 Å². The predicted octanol–water partition coefficient (Wildman–Crippen LogP) is 1.39. The van der Waals surface area contributed by atoms with Crippen LogP contribution in [0.15, 0.2) is 30.7 Å². The molecule has 1 aliphatic heterocycles. The molecular weight excluding hydrogens is 314 g/mol. The molecule has 1 aliphatic rings. The number of hydrogen-bond donors (Lipinski definition) is 1. The molecule has 4 rings (SSSR count). The smallest absolute Gasteiger partial charge is 0.253 e. The quantitative estimate of drug-likeness (QED) is 0.785. The maximum Gasteiger partial charge on any atom is 0.253 e. The minimum absolute atomic E-state index is 0.448. The number of nitrogens with zero attached hydrogens (tertiary/aromatic N) is 4. The van der Waals surface area contributed by atoms with E-state index in [0.717, 1.165) is 47.4 Å². The van der Waals surface area contributed by atoms with Gasteiger partial charge in [0.05, 0.1) is 29.9 Å². The molecule has 1 saturated heterocycles. The Bertz CT molecular complexity index is 866. The molecule has 0 aliphatic carbocycles. The first-order valence-corrected chi connectivity index (χ1v) is 8.10. The second-order valence-electron chi connectivity index (χ2n) is 5.27. The van der Waals surface area contributed by atoms with Crippen LogP contribution in [0.2, 0.25) is 0 Å². The van der Waals surface area contributed by atoms with Crippen LogP contribution >= 0.6 is 11.3 Å². The van der Waals surface area contributed by atoms with Gasteiger partial charge in [-0.25, -0.2) is 9.50 Å². The van der Waals surface area contributed by atoms with Gasteiger partial charge in [0.2, 0.25) is 0 Å². The summed E-state index contributed by atoms with van der Waals surface area (Å²) < 4.78 is 7.07. The van der Waals surface area contributed by atoms with Gasteiger partial charge in [0.25, 0.3) is 5.91 Å². The molecule has 2 N–H and O–H groups in total. The van der Waals surface area contributed by atoms with Crippen LogP contribution in [0.4, 0.5) is 5.82 Å². The summed E-state index contributed by atoms with van der Waals surface area (Å²) in [6.07, 6.45) is 5.21. The van der Waals surface area contributed by atoms with E-state index in [9.17, 15) is 4.79 Å². The van der Waals surface area contributed by atoms with E-state index in [0.29, 0.717) is 5.56 Å². The summed E-state index contributed by atoms with van der Waals surface area (Å²) in [5.74, 6) is 0.476. The Balaban J connectivity index is 1.71. The van der Waals surface area contributed by atoms with Crippen molar-refractivity contribution in [2.24, 2.45) is 5.73 Å². The number of ether oxygens (including phenoxy) is 1. The van der Waals surface area contributed by atoms with Crippen LogP contribution in [-0.2, 0) is 4.74 Å². The molecule has 1 amide bonds. The number of thiazole rings is 1. The highest BCUT2D eigenvalue weighted by atomic mass is 32.1. The Kier molecular flexibility index (Phi) is 3.47. The maximum absolute atomic E-state index is 11.4. The number of nitrogens with two attached hydrogens (primary N) is 1. The summed E-state index contributed by atoms with van der Waals surface area (Å²) >= 11 is 1.50. The monoisotopic (exact) mass is 329 g/mol. The summed E-state index contributed by atoms with van der Waals surface area (Å²) in [5, 5.41) is 4.18. The molecule has 0 spiro atoms. The molecule has 0 radical (unpaired) electrons. The summed E-state index contributed by atoms with van der Waals surface area (Å²) in [5.41, 5.74) is 6.88. The molecular formula is C15H15N5O2S. The van der Waals surface area contributed by atoms with E-state index in [1.807, 2.05) is 12.3 Å². The fourth-order valence-corrected chi connectivity index (χ4v) is 3.69. The average molecular weight is 329 g/mol. The lowest BCUT2D eigenvalue weighted by molar-refractivity contribution is 0.100. The van der Waals surface area contributed by atoms with E-state index < -0.39 is 5.91 Å². The van der Waals surface area contributed by atoms with Crippen LogP contribution in [0, 0.1) is 0 Å².